The molecule has 1 rings (SSSR count). The molecule has 1 unspecified atom stereocenters. The van der Waals surface area contributed by atoms with Gasteiger partial charge in [-0.25, -0.2) is 0 Å². The highest BCUT2D eigenvalue weighted by Gasteiger charge is 2.44. The topological polar surface area (TPSA) is 90.3 Å². The number of amides is 3. The van der Waals surface area contributed by atoms with E-state index in [9.17, 15) is 19.6 Å². The van der Waals surface area contributed by atoms with Crippen LogP contribution in [-0.4, -0.2) is 35.2 Å². The number of hydrogen-bond acceptors (Lipinski definition) is 4. The van der Waals surface area contributed by atoms with Gasteiger partial charge in [-0.05, 0) is 19.8 Å². The van der Waals surface area contributed by atoms with E-state index in [-0.39, 0.29) is 6.54 Å². The van der Waals surface area contributed by atoms with Crippen molar-refractivity contribution in [2.45, 2.75) is 52.5 Å². The van der Waals surface area contributed by atoms with E-state index in [1.807, 2.05) is 13.8 Å². The number of rotatable bonds is 5. The Morgan fingerprint density at radius 3 is 2.40 bits per heavy atom. The minimum Gasteiger partial charge on any atom is -0.320 e. The highest BCUT2D eigenvalue weighted by Crippen LogP contribution is 2.32. The largest absolute Gasteiger partial charge is 0.320 e. The van der Waals surface area contributed by atoms with Crippen LogP contribution in [-0.2, 0) is 14.4 Å². The Labute approximate surface area is 119 Å². The molecule has 0 bridgehead atoms. The second-order valence-electron chi connectivity index (χ2n) is 5.22. The predicted octanol–water partition coefficient (Wildman–Crippen LogP) is 0.970. The number of imide groups is 1. The van der Waals surface area contributed by atoms with Gasteiger partial charge in [0.05, 0.1) is 6.07 Å². The lowest BCUT2D eigenvalue weighted by Gasteiger charge is -2.37. The third-order valence-electron chi connectivity index (χ3n) is 3.66. The number of carbonyl (C=O) groups is 3. The predicted molar refractivity (Wildman–Crippen MR) is 72.2 cm³/mol. The molecule has 6 heteroatoms. The SMILES string of the molecule is CCCC(C#N)(CCC)C(=O)N1CC(=O)NC(=O)C1C. The summed E-state index contributed by atoms with van der Waals surface area (Å²) in [6.07, 6.45) is 2.27. The molecular weight excluding hydrogens is 258 g/mol. The monoisotopic (exact) mass is 279 g/mol. The van der Waals surface area contributed by atoms with Gasteiger partial charge >= 0.3 is 0 Å². The zero-order valence-electron chi connectivity index (χ0n) is 12.2. The fourth-order valence-electron chi connectivity index (χ4n) is 2.59. The number of nitrogens with zero attached hydrogens (tertiary/aromatic N) is 2. The number of nitrogens with one attached hydrogen (secondary N) is 1. The Morgan fingerprint density at radius 2 is 1.95 bits per heavy atom. The molecule has 0 aromatic rings. The first-order chi connectivity index (χ1) is 9.41. The normalized spacial score (nSPS) is 19.5. The second kappa shape index (κ2) is 6.51. The van der Waals surface area contributed by atoms with Gasteiger partial charge in [0.1, 0.15) is 18.0 Å². The van der Waals surface area contributed by atoms with E-state index in [2.05, 4.69) is 11.4 Å². The van der Waals surface area contributed by atoms with Crippen LogP contribution in [0.2, 0.25) is 0 Å². The van der Waals surface area contributed by atoms with Crippen LogP contribution >= 0.6 is 0 Å². The lowest BCUT2D eigenvalue weighted by molar-refractivity contribution is -0.154. The molecule has 1 saturated heterocycles. The summed E-state index contributed by atoms with van der Waals surface area (Å²) in [5.74, 6) is -1.39. The molecule has 1 aliphatic rings. The molecule has 0 spiro atoms. The van der Waals surface area contributed by atoms with E-state index in [4.69, 9.17) is 0 Å². The molecule has 1 heterocycles. The smallest absolute Gasteiger partial charge is 0.249 e. The van der Waals surface area contributed by atoms with Gasteiger partial charge in [-0.3, -0.25) is 19.7 Å². The van der Waals surface area contributed by atoms with Gasteiger partial charge < -0.3 is 4.90 Å². The van der Waals surface area contributed by atoms with Crippen molar-refractivity contribution in [3.8, 4) is 6.07 Å². The summed E-state index contributed by atoms with van der Waals surface area (Å²) in [4.78, 5) is 37.0. The summed E-state index contributed by atoms with van der Waals surface area (Å²) in [6, 6.07) is 1.41. The second-order valence-corrected chi connectivity index (χ2v) is 5.22. The Morgan fingerprint density at radius 1 is 1.40 bits per heavy atom. The van der Waals surface area contributed by atoms with Crippen LogP contribution in [0.3, 0.4) is 0 Å². The number of nitriles is 1. The fourth-order valence-corrected chi connectivity index (χ4v) is 2.59. The molecular formula is C14H21N3O3. The van der Waals surface area contributed by atoms with Crippen LogP contribution in [0.1, 0.15) is 46.5 Å². The van der Waals surface area contributed by atoms with Crippen LogP contribution < -0.4 is 5.32 Å². The van der Waals surface area contributed by atoms with E-state index in [0.29, 0.717) is 25.7 Å². The third-order valence-corrected chi connectivity index (χ3v) is 3.66. The van der Waals surface area contributed by atoms with E-state index in [1.165, 1.54) is 4.90 Å². The van der Waals surface area contributed by atoms with Crippen molar-refractivity contribution < 1.29 is 14.4 Å². The standard InChI is InChI=1S/C14H21N3O3/c1-4-6-14(9-15,7-5-2)13(20)17-8-11(18)16-12(19)10(17)3/h10H,4-8H2,1-3H3,(H,16,18,19). The van der Waals surface area contributed by atoms with Crippen LogP contribution in [0.15, 0.2) is 0 Å². The summed E-state index contributed by atoms with van der Waals surface area (Å²) in [6.45, 7) is 5.22. The zero-order valence-corrected chi connectivity index (χ0v) is 12.2. The Kier molecular flexibility index (Phi) is 5.26. The minimum atomic E-state index is -1.13. The molecule has 1 fully saturated rings. The molecule has 0 aromatic carbocycles. The lowest BCUT2D eigenvalue weighted by Crippen LogP contribution is -2.61. The molecule has 6 nitrogen and oxygen atoms in total. The number of hydrogen-bond donors (Lipinski definition) is 1. The van der Waals surface area contributed by atoms with E-state index >= 15 is 0 Å². The summed E-state index contributed by atoms with van der Waals surface area (Å²) in [5, 5.41) is 11.7. The summed E-state index contributed by atoms with van der Waals surface area (Å²) < 4.78 is 0. The Hall–Kier alpha value is -1.90. The van der Waals surface area contributed by atoms with Gasteiger partial charge in [0.2, 0.25) is 17.7 Å². The maximum atomic E-state index is 12.7. The quantitative estimate of drug-likeness (QED) is 0.759. The molecule has 1 N–H and O–H groups in total. The van der Waals surface area contributed by atoms with Gasteiger partial charge in [0.25, 0.3) is 0 Å². The first-order valence-corrected chi connectivity index (χ1v) is 6.97. The van der Waals surface area contributed by atoms with Crippen LogP contribution in [0.4, 0.5) is 0 Å². The summed E-state index contributed by atoms with van der Waals surface area (Å²) >= 11 is 0. The van der Waals surface area contributed by atoms with Gasteiger partial charge in [-0.2, -0.15) is 5.26 Å². The zero-order chi connectivity index (χ0) is 15.3. The molecule has 0 aliphatic carbocycles. The van der Waals surface area contributed by atoms with Gasteiger partial charge in [0, 0.05) is 0 Å². The van der Waals surface area contributed by atoms with Gasteiger partial charge in [-0.1, -0.05) is 26.7 Å². The van der Waals surface area contributed by atoms with Crippen molar-refractivity contribution >= 4 is 17.7 Å². The van der Waals surface area contributed by atoms with Crippen LogP contribution in [0.5, 0.6) is 0 Å². The van der Waals surface area contributed by atoms with Gasteiger partial charge in [-0.15, -0.1) is 0 Å². The molecule has 110 valence electrons. The van der Waals surface area contributed by atoms with E-state index < -0.39 is 29.2 Å². The van der Waals surface area contributed by atoms with Gasteiger partial charge in [0.15, 0.2) is 0 Å². The highest BCUT2D eigenvalue weighted by molar-refractivity contribution is 6.05. The van der Waals surface area contributed by atoms with Crippen LogP contribution in [0, 0.1) is 16.7 Å². The molecule has 0 radical (unpaired) electrons. The molecule has 1 aliphatic heterocycles. The molecule has 20 heavy (non-hydrogen) atoms. The van der Waals surface area contributed by atoms with E-state index in [1.54, 1.807) is 6.92 Å². The Bertz CT molecular complexity index is 447. The first kappa shape index (κ1) is 16.2. The van der Waals surface area contributed by atoms with Crippen molar-refractivity contribution in [1.29, 1.82) is 5.26 Å². The van der Waals surface area contributed by atoms with Crippen molar-refractivity contribution in [2.75, 3.05) is 6.54 Å². The maximum Gasteiger partial charge on any atom is 0.249 e. The summed E-state index contributed by atoms with van der Waals surface area (Å²) in [5.41, 5.74) is -1.13. The third kappa shape index (κ3) is 2.98. The van der Waals surface area contributed by atoms with Crippen molar-refractivity contribution in [1.82, 2.24) is 10.2 Å². The minimum absolute atomic E-state index is 0.164. The molecule has 0 aromatic heterocycles. The van der Waals surface area contributed by atoms with Crippen molar-refractivity contribution in [2.24, 2.45) is 5.41 Å². The van der Waals surface area contributed by atoms with Crippen LogP contribution in [0.25, 0.3) is 0 Å². The average molecular weight is 279 g/mol. The van der Waals surface area contributed by atoms with E-state index in [0.717, 1.165) is 0 Å². The summed E-state index contributed by atoms with van der Waals surface area (Å²) in [7, 11) is 0. The lowest BCUT2D eigenvalue weighted by atomic mass is 9.79. The number of carbonyl (C=O) groups excluding carboxylic acids is 3. The first-order valence-electron chi connectivity index (χ1n) is 6.97. The van der Waals surface area contributed by atoms with Crippen molar-refractivity contribution in [3.63, 3.8) is 0 Å². The van der Waals surface area contributed by atoms with Crippen molar-refractivity contribution in [3.05, 3.63) is 0 Å². The molecule has 3 amide bonds. The molecule has 0 saturated carbocycles. The maximum absolute atomic E-state index is 12.7. The fraction of sp³-hybridized carbons (Fsp3) is 0.714. The number of piperazine rings is 1. The average Bonchev–Trinajstić information content (AvgIpc) is 2.41. The highest BCUT2D eigenvalue weighted by atomic mass is 16.2. The molecule has 1 atom stereocenters. The Balaban J connectivity index is 3.08.